The number of halogens is 1. The standard InChI is InChI=1S/C25H21FN6O2S/c1-15-11-18(14-29-21(15)27-4)31-23(34)25(2,3)32(24(31)35)17-9-8-16(19(26)12-17)13-30-22(33)20-7-5-6-10-28-20/h5-12,14H,13H2,1-3H3,(H,30,33). The predicted octanol–water partition coefficient (Wildman–Crippen LogP) is 4.32. The minimum Gasteiger partial charge on any atom is -0.360 e. The normalized spacial score (nSPS) is 14.7. The smallest absolute Gasteiger partial charge is 0.272 e. The molecule has 1 fully saturated rings. The molecule has 176 valence electrons. The van der Waals surface area contributed by atoms with Gasteiger partial charge in [0.1, 0.15) is 23.2 Å². The van der Waals surface area contributed by atoms with E-state index in [1.165, 1.54) is 23.4 Å². The summed E-state index contributed by atoms with van der Waals surface area (Å²) in [6.07, 6.45) is 2.93. The molecule has 8 nitrogen and oxygen atoms in total. The zero-order valence-electron chi connectivity index (χ0n) is 19.2. The van der Waals surface area contributed by atoms with Gasteiger partial charge in [0.05, 0.1) is 5.69 Å². The number of amides is 2. The molecule has 1 saturated heterocycles. The third kappa shape index (κ3) is 4.34. The Morgan fingerprint density at radius 3 is 2.60 bits per heavy atom. The highest BCUT2D eigenvalue weighted by molar-refractivity contribution is 7.81. The zero-order valence-corrected chi connectivity index (χ0v) is 20.1. The van der Waals surface area contributed by atoms with Crippen molar-refractivity contribution in [1.29, 1.82) is 0 Å². The van der Waals surface area contributed by atoms with Gasteiger partial charge in [0.15, 0.2) is 5.11 Å². The largest absolute Gasteiger partial charge is 0.360 e. The van der Waals surface area contributed by atoms with E-state index in [9.17, 15) is 9.59 Å². The Hall–Kier alpha value is -4.23. The summed E-state index contributed by atoms with van der Waals surface area (Å²) in [5, 5.41) is 2.82. The molecule has 2 amide bonds. The highest BCUT2D eigenvalue weighted by atomic mass is 32.1. The Bertz CT molecular complexity index is 1390. The van der Waals surface area contributed by atoms with Gasteiger partial charge in [0.25, 0.3) is 17.6 Å². The summed E-state index contributed by atoms with van der Waals surface area (Å²) in [5.74, 6) is -1.01. The van der Waals surface area contributed by atoms with Crippen LogP contribution in [0.1, 0.15) is 35.5 Å². The molecule has 1 aliphatic rings. The van der Waals surface area contributed by atoms with Crippen molar-refractivity contribution in [2.24, 2.45) is 0 Å². The molecule has 0 saturated carbocycles. The van der Waals surface area contributed by atoms with Crippen molar-refractivity contribution < 1.29 is 14.0 Å². The van der Waals surface area contributed by atoms with Gasteiger partial charge < -0.3 is 15.1 Å². The molecule has 0 atom stereocenters. The van der Waals surface area contributed by atoms with E-state index in [4.69, 9.17) is 18.8 Å². The van der Waals surface area contributed by atoms with Crippen molar-refractivity contribution in [3.63, 3.8) is 0 Å². The van der Waals surface area contributed by atoms with Crippen LogP contribution in [0.15, 0.2) is 54.9 Å². The Labute approximate surface area is 207 Å². The first-order valence-electron chi connectivity index (χ1n) is 10.7. The molecule has 0 spiro atoms. The van der Waals surface area contributed by atoms with Crippen LogP contribution in [0.4, 0.5) is 21.6 Å². The second kappa shape index (κ2) is 9.19. The molecular formula is C25H21FN6O2S. The maximum atomic E-state index is 15.0. The number of thiocarbonyl (C=S) groups is 1. The average Bonchev–Trinajstić information content (AvgIpc) is 3.01. The highest BCUT2D eigenvalue weighted by Crippen LogP contribution is 2.37. The highest BCUT2D eigenvalue weighted by Gasteiger charge is 2.50. The fraction of sp³-hybridized carbons (Fsp3) is 0.200. The minimum absolute atomic E-state index is 0.0290. The number of hydrogen-bond acceptors (Lipinski definition) is 5. The Morgan fingerprint density at radius 2 is 1.97 bits per heavy atom. The molecule has 3 heterocycles. The van der Waals surface area contributed by atoms with Crippen LogP contribution in [0.5, 0.6) is 0 Å². The lowest BCUT2D eigenvalue weighted by Gasteiger charge is -2.29. The van der Waals surface area contributed by atoms with E-state index in [2.05, 4.69) is 20.1 Å². The SMILES string of the molecule is [C-]#[N+]c1ncc(N2C(=O)C(C)(C)N(c3ccc(CNC(=O)c4ccccn4)c(F)c3)C2=S)cc1C. The number of benzene rings is 1. The first-order valence-corrected chi connectivity index (χ1v) is 11.1. The van der Waals surface area contributed by atoms with Crippen molar-refractivity contribution in [2.45, 2.75) is 32.9 Å². The van der Waals surface area contributed by atoms with Crippen LogP contribution in [0.25, 0.3) is 4.85 Å². The van der Waals surface area contributed by atoms with Gasteiger partial charge in [-0.1, -0.05) is 18.7 Å². The number of carbonyl (C=O) groups excluding carboxylic acids is 2. The lowest BCUT2D eigenvalue weighted by Crippen LogP contribution is -2.44. The van der Waals surface area contributed by atoms with Crippen molar-refractivity contribution >= 4 is 46.3 Å². The van der Waals surface area contributed by atoms with E-state index in [1.54, 1.807) is 62.1 Å². The molecule has 0 radical (unpaired) electrons. The maximum absolute atomic E-state index is 15.0. The molecule has 35 heavy (non-hydrogen) atoms. The summed E-state index contributed by atoms with van der Waals surface area (Å²) in [5.41, 5.74) is 0.878. The number of hydrogen-bond donors (Lipinski definition) is 1. The Balaban J connectivity index is 1.58. The fourth-order valence-corrected chi connectivity index (χ4v) is 4.35. The quantitative estimate of drug-likeness (QED) is 0.426. The predicted molar refractivity (Wildman–Crippen MR) is 134 cm³/mol. The monoisotopic (exact) mass is 488 g/mol. The molecule has 0 unspecified atom stereocenters. The summed E-state index contributed by atoms with van der Waals surface area (Å²) < 4.78 is 15.0. The van der Waals surface area contributed by atoms with Gasteiger partial charge in [-0.2, -0.15) is 0 Å². The molecule has 4 rings (SSSR count). The number of nitrogens with one attached hydrogen (secondary N) is 1. The summed E-state index contributed by atoms with van der Waals surface area (Å²) in [4.78, 5) is 39.9. The average molecular weight is 489 g/mol. The van der Waals surface area contributed by atoms with E-state index in [-0.39, 0.29) is 34.6 Å². The maximum Gasteiger partial charge on any atom is 0.272 e. The molecule has 10 heteroatoms. The first kappa shape index (κ1) is 23.9. The van der Waals surface area contributed by atoms with Crippen molar-refractivity contribution in [2.75, 3.05) is 9.80 Å². The van der Waals surface area contributed by atoms with Crippen LogP contribution >= 0.6 is 12.2 Å². The van der Waals surface area contributed by atoms with Gasteiger partial charge in [-0.15, -0.1) is 4.98 Å². The van der Waals surface area contributed by atoms with Gasteiger partial charge >= 0.3 is 0 Å². The summed E-state index contributed by atoms with van der Waals surface area (Å²) in [6.45, 7) is 12.3. The molecule has 1 N–H and O–H groups in total. The van der Waals surface area contributed by atoms with E-state index in [1.807, 2.05) is 0 Å². The summed E-state index contributed by atoms with van der Waals surface area (Å²) >= 11 is 5.63. The summed E-state index contributed by atoms with van der Waals surface area (Å²) in [6, 6.07) is 11.1. The topological polar surface area (TPSA) is 82.8 Å². The van der Waals surface area contributed by atoms with Crippen LogP contribution in [-0.2, 0) is 11.3 Å². The third-order valence-corrected chi connectivity index (χ3v) is 6.07. The number of anilines is 2. The number of aryl methyl sites for hydroxylation is 1. The zero-order chi connectivity index (χ0) is 25.3. The van der Waals surface area contributed by atoms with Gasteiger partial charge in [-0.25, -0.2) is 4.39 Å². The Morgan fingerprint density at radius 1 is 1.20 bits per heavy atom. The van der Waals surface area contributed by atoms with Crippen molar-refractivity contribution in [1.82, 2.24) is 15.3 Å². The number of aromatic nitrogens is 2. The molecule has 0 aliphatic carbocycles. The lowest BCUT2D eigenvalue weighted by atomic mass is 10.0. The minimum atomic E-state index is -1.09. The second-order valence-electron chi connectivity index (χ2n) is 8.44. The number of pyridine rings is 2. The van der Waals surface area contributed by atoms with Crippen LogP contribution in [-0.4, -0.2) is 32.4 Å². The van der Waals surface area contributed by atoms with Crippen LogP contribution < -0.4 is 15.1 Å². The second-order valence-corrected chi connectivity index (χ2v) is 8.80. The van der Waals surface area contributed by atoms with Crippen LogP contribution in [0.2, 0.25) is 0 Å². The first-order chi connectivity index (χ1) is 16.6. The Kier molecular flexibility index (Phi) is 6.28. The molecular weight excluding hydrogens is 467 g/mol. The molecule has 1 aliphatic heterocycles. The molecule has 2 aromatic heterocycles. The number of nitrogens with zero attached hydrogens (tertiary/aromatic N) is 5. The van der Waals surface area contributed by atoms with Crippen LogP contribution in [0, 0.1) is 19.3 Å². The lowest BCUT2D eigenvalue weighted by molar-refractivity contribution is -0.120. The van der Waals surface area contributed by atoms with Gasteiger partial charge in [-0.3, -0.25) is 19.5 Å². The molecule has 1 aromatic carbocycles. The molecule has 3 aromatic rings. The van der Waals surface area contributed by atoms with Crippen molar-refractivity contribution in [3.8, 4) is 0 Å². The van der Waals surface area contributed by atoms with Crippen molar-refractivity contribution in [3.05, 3.63) is 88.9 Å². The number of carbonyl (C=O) groups is 2. The molecule has 0 bridgehead atoms. The van der Waals surface area contributed by atoms with Gasteiger partial charge in [0, 0.05) is 24.0 Å². The number of rotatable bonds is 5. The van der Waals surface area contributed by atoms with Gasteiger partial charge in [-0.05, 0) is 68.9 Å². The van der Waals surface area contributed by atoms with E-state index in [0.29, 0.717) is 16.9 Å². The van der Waals surface area contributed by atoms with E-state index < -0.39 is 17.3 Å². The summed E-state index contributed by atoms with van der Waals surface area (Å²) in [7, 11) is 0. The van der Waals surface area contributed by atoms with E-state index >= 15 is 4.39 Å². The van der Waals surface area contributed by atoms with E-state index in [0.717, 1.165) is 0 Å². The van der Waals surface area contributed by atoms with Gasteiger partial charge in [0.2, 0.25) is 0 Å². The fourth-order valence-electron chi connectivity index (χ4n) is 3.83. The van der Waals surface area contributed by atoms with Crippen LogP contribution in [0.3, 0.4) is 0 Å². The third-order valence-electron chi connectivity index (χ3n) is 5.70.